The van der Waals surface area contributed by atoms with Gasteiger partial charge in [0.2, 0.25) is 0 Å². The SMILES string of the molecule is CC/C=C\C[C@H]1/C=C/C=C\CCCCCCCC(=O)O1. The van der Waals surface area contributed by atoms with Crippen LogP contribution in [0.4, 0.5) is 0 Å². The van der Waals surface area contributed by atoms with Crippen molar-refractivity contribution in [2.24, 2.45) is 0 Å². The minimum absolute atomic E-state index is 0.0643. The number of cyclic esters (lactones) is 1. The molecule has 0 radical (unpaired) electrons. The number of hydrogen-bond acceptors (Lipinski definition) is 2. The van der Waals surface area contributed by atoms with Crippen LogP contribution in [-0.2, 0) is 9.53 Å². The van der Waals surface area contributed by atoms with E-state index in [1.54, 1.807) is 0 Å². The Morgan fingerprint density at radius 1 is 1.15 bits per heavy atom. The number of carbonyl (C=O) groups is 1. The molecule has 0 aromatic heterocycles. The van der Waals surface area contributed by atoms with Crippen LogP contribution >= 0.6 is 0 Å². The molecule has 0 aromatic rings. The summed E-state index contributed by atoms with van der Waals surface area (Å²) in [6.45, 7) is 2.11. The molecule has 1 atom stereocenters. The van der Waals surface area contributed by atoms with E-state index in [0.29, 0.717) is 6.42 Å². The average molecular weight is 276 g/mol. The fraction of sp³-hybridized carbons (Fsp3) is 0.611. The average Bonchev–Trinajstić information content (AvgIpc) is 2.44. The molecule has 20 heavy (non-hydrogen) atoms. The summed E-state index contributed by atoms with van der Waals surface area (Å²) in [5.41, 5.74) is 0. The predicted octanol–water partition coefficient (Wildman–Crippen LogP) is 5.11. The Bertz CT molecular complexity index is 339. The Balaban J connectivity index is 2.56. The summed E-state index contributed by atoms with van der Waals surface area (Å²) in [6.07, 6.45) is 21.6. The summed E-state index contributed by atoms with van der Waals surface area (Å²) < 4.78 is 5.53. The van der Waals surface area contributed by atoms with E-state index in [-0.39, 0.29) is 12.1 Å². The second-order valence-electron chi connectivity index (χ2n) is 5.26. The highest BCUT2D eigenvalue weighted by molar-refractivity contribution is 5.69. The Morgan fingerprint density at radius 3 is 2.80 bits per heavy atom. The van der Waals surface area contributed by atoms with Gasteiger partial charge in [-0.2, -0.15) is 0 Å². The third-order valence-corrected chi connectivity index (χ3v) is 3.38. The molecule has 0 unspecified atom stereocenters. The van der Waals surface area contributed by atoms with Crippen LogP contribution < -0.4 is 0 Å². The van der Waals surface area contributed by atoms with E-state index in [1.807, 2.05) is 12.2 Å². The molecule has 1 heterocycles. The minimum Gasteiger partial charge on any atom is -0.458 e. The molecule has 1 rings (SSSR count). The largest absolute Gasteiger partial charge is 0.458 e. The summed E-state index contributed by atoms with van der Waals surface area (Å²) in [4.78, 5) is 11.8. The number of ether oxygens (including phenoxy) is 1. The van der Waals surface area contributed by atoms with Crippen LogP contribution in [0.15, 0.2) is 36.5 Å². The van der Waals surface area contributed by atoms with Crippen LogP contribution in [0.1, 0.15) is 64.7 Å². The summed E-state index contributed by atoms with van der Waals surface area (Å²) in [6, 6.07) is 0. The van der Waals surface area contributed by atoms with Gasteiger partial charge in [-0.15, -0.1) is 0 Å². The van der Waals surface area contributed by atoms with E-state index in [1.165, 1.54) is 19.3 Å². The van der Waals surface area contributed by atoms with Gasteiger partial charge in [0.25, 0.3) is 0 Å². The van der Waals surface area contributed by atoms with Crippen molar-refractivity contribution >= 4 is 5.97 Å². The molecule has 0 amide bonds. The Labute approximate surface area is 123 Å². The van der Waals surface area contributed by atoms with Gasteiger partial charge in [0.1, 0.15) is 6.10 Å². The smallest absolute Gasteiger partial charge is 0.306 e. The predicted molar refractivity (Wildman–Crippen MR) is 84.5 cm³/mol. The second-order valence-corrected chi connectivity index (χ2v) is 5.26. The maximum atomic E-state index is 11.8. The fourth-order valence-corrected chi connectivity index (χ4v) is 2.22. The zero-order valence-electron chi connectivity index (χ0n) is 12.7. The molecule has 0 spiro atoms. The Kier molecular flexibility index (Phi) is 9.64. The highest BCUT2D eigenvalue weighted by Gasteiger charge is 2.09. The molecule has 2 heteroatoms. The van der Waals surface area contributed by atoms with Gasteiger partial charge in [0.05, 0.1) is 0 Å². The zero-order valence-corrected chi connectivity index (χ0v) is 12.7. The quantitative estimate of drug-likeness (QED) is 0.529. The van der Waals surface area contributed by atoms with Gasteiger partial charge in [0.15, 0.2) is 0 Å². The van der Waals surface area contributed by atoms with Gasteiger partial charge >= 0.3 is 5.97 Å². The third-order valence-electron chi connectivity index (χ3n) is 3.38. The van der Waals surface area contributed by atoms with Gasteiger partial charge in [-0.1, -0.05) is 56.6 Å². The summed E-state index contributed by atoms with van der Waals surface area (Å²) in [5, 5.41) is 0. The Morgan fingerprint density at radius 2 is 1.95 bits per heavy atom. The van der Waals surface area contributed by atoms with Crippen LogP contribution in [-0.4, -0.2) is 12.1 Å². The molecule has 0 aliphatic carbocycles. The van der Waals surface area contributed by atoms with Crippen LogP contribution in [0.2, 0.25) is 0 Å². The normalized spacial score (nSPS) is 25.9. The van der Waals surface area contributed by atoms with Crippen molar-refractivity contribution in [3.05, 3.63) is 36.5 Å². The van der Waals surface area contributed by atoms with E-state index in [4.69, 9.17) is 4.74 Å². The number of carbonyl (C=O) groups excluding carboxylic acids is 1. The summed E-state index contributed by atoms with van der Waals surface area (Å²) >= 11 is 0. The maximum Gasteiger partial charge on any atom is 0.306 e. The van der Waals surface area contributed by atoms with Crippen molar-refractivity contribution in [1.82, 2.24) is 0 Å². The van der Waals surface area contributed by atoms with Crippen LogP contribution in [0, 0.1) is 0 Å². The third kappa shape index (κ3) is 8.73. The molecule has 112 valence electrons. The highest BCUT2D eigenvalue weighted by Crippen LogP contribution is 2.11. The molecule has 0 N–H and O–H groups in total. The molecule has 1 aliphatic heterocycles. The Hall–Kier alpha value is -1.31. The number of hydrogen-bond donors (Lipinski definition) is 0. The molecule has 0 saturated carbocycles. The highest BCUT2D eigenvalue weighted by atomic mass is 16.5. The second kappa shape index (κ2) is 11.5. The van der Waals surface area contributed by atoms with Crippen molar-refractivity contribution in [3.8, 4) is 0 Å². The van der Waals surface area contributed by atoms with Gasteiger partial charge in [-0.3, -0.25) is 4.79 Å². The maximum absolute atomic E-state index is 11.8. The topological polar surface area (TPSA) is 26.3 Å². The lowest BCUT2D eigenvalue weighted by Gasteiger charge is -2.12. The van der Waals surface area contributed by atoms with Crippen molar-refractivity contribution in [2.75, 3.05) is 0 Å². The first kappa shape index (κ1) is 16.7. The van der Waals surface area contributed by atoms with Crippen LogP contribution in [0.5, 0.6) is 0 Å². The first-order chi connectivity index (χ1) is 9.83. The van der Waals surface area contributed by atoms with Crippen LogP contribution in [0.25, 0.3) is 0 Å². The lowest BCUT2D eigenvalue weighted by Crippen LogP contribution is -2.15. The van der Waals surface area contributed by atoms with Gasteiger partial charge in [-0.05, 0) is 31.8 Å². The van der Waals surface area contributed by atoms with E-state index in [2.05, 4.69) is 31.2 Å². The van der Waals surface area contributed by atoms with E-state index < -0.39 is 0 Å². The first-order valence-electron chi connectivity index (χ1n) is 8.00. The van der Waals surface area contributed by atoms with E-state index in [9.17, 15) is 4.79 Å². The molecule has 0 saturated heterocycles. The summed E-state index contributed by atoms with van der Waals surface area (Å²) in [7, 11) is 0. The molecule has 0 fully saturated rings. The van der Waals surface area contributed by atoms with Crippen molar-refractivity contribution in [2.45, 2.75) is 70.8 Å². The lowest BCUT2D eigenvalue weighted by molar-refractivity contribution is -0.146. The molecule has 2 nitrogen and oxygen atoms in total. The first-order valence-corrected chi connectivity index (χ1v) is 8.00. The van der Waals surface area contributed by atoms with Crippen molar-refractivity contribution in [3.63, 3.8) is 0 Å². The molecule has 0 aromatic carbocycles. The molecular weight excluding hydrogens is 248 g/mol. The summed E-state index contributed by atoms with van der Waals surface area (Å²) in [5.74, 6) is -0.0643. The molecular formula is C18H28O2. The number of allylic oxidation sites excluding steroid dienone is 4. The number of esters is 1. The van der Waals surface area contributed by atoms with Crippen molar-refractivity contribution in [1.29, 1.82) is 0 Å². The number of rotatable bonds is 3. The van der Waals surface area contributed by atoms with Crippen LogP contribution in [0.3, 0.4) is 0 Å². The monoisotopic (exact) mass is 276 g/mol. The van der Waals surface area contributed by atoms with Gasteiger partial charge < -0.3 is 4.74 Å². The minimum atomic E-state index is -0.127. The lowest BCUT2D eigenvalue weighted by atomic mass is 10.1. The van der Waals surface area contributed by atoms with E-state index in [0.717, 1.165) is 32.1 Å². The zero-order chi connectivity index (χ0) is 14.5. The van der Waals surface area contributed by atoms with Crippen molar-refractivity contribution < 1.29 is 9.53 Å². The molecule has 1 aliphatic rings. The van der Waals surface area contributed by atoms with E-state index >= 15 is 0 Å². The van der Waals surface area contributed by atoms with Gasteiger partial charge in [0, 0.05) is 12.8 Å². The fourth-order valence-electron chi connectivity index (χ4n) is 2.22. The molecule has 0 bridgehead atoms. The standard InChI is InChI=1S/C18H28O2/c1-2-3-11-14-17-15-12-9-7-5-4-6-8-10-13-16-18(19)20-17/h3,7,9,11-12,15,17H,2,4-6,8,10,13-14,16H2,1H3/b9-7-,11-3-,15-12+/t17-/m0/s1. The van der Waals surface area contributed by atoms with Gasteiger partial charge in [-0.25, -0.2) is 0 Å².